The number of phenols is 1. The summed E-state index contributed by atoms with van der Waals surface area (Å²) >= 11 is 0. The highest BCUT2D eigenvalue weighted by atomic mass is 16.3. The summed E-state index contributed by atoms with van der Waals surface area (Å²) in [6, 6.07) is 17.0. The molecule has 1 aliphatic carbocycles. The van der Waals surface area contributed by atoms with Crippen molar-refractivity contribution in [1.29, 1.82) is 0 Å². The number of hydrogen-bond donors (Lipinski definition) is 2. The number of nitrogens with zero attached hydrogens (tertiary/aromatic N) is 1. The van der Waals surface area contributed by atoms with Crippen LogP contribution in [0, 0.1) is 5.92 Å². The number of likely N-dealkylation sites (tertiary alicyclic amines) is 1. The molecule has 0 radical (unpaired) electrons. The van der Waals surface area contributed by atoms with E-state index in [9.17, 15) is 5.11 Å². The number of phenolic OH excluding ortho intramolecular Hbond substituents is 1. The summed E-state index contributed by atoms with van der Waals surface area (Å²) in [5.74, 6) is 1.01. The Morgan fingerprint density at radius 2 is 2.00 bits per heavy atom. The van der Waals surface area contributed by atoms with Crippen LogP contribution >= 0.6 is 0 Å². The molecule has 0 spiro atoms. The summed E-state index contributed by atoms with van der Waals surface area (Å²) in [7, 11) is 0. The highest BCUT2D eigenvalue weighted by molar-refractivity contribution is 5.44. The normalized spacial score (nSPS) is 28.4. The van der Waals surface area contributed by atoms with Crippen LogP contribution in [0.2, 0.25) is 0 Å². The van der Waals surface area contributed by atoms with Crippen LogP contribution < -0.4 is 5.32 Å². The topological polar surface area (TPSA) is 35.5 Å². The summed E-state index contributed by atoms with van der Waals surface area (Å²) in [6.07, 6.45) is 2.25. The molecule has 0 unspecified atom stereocenters. The van der Waals surface area contributed by atoms with E-state index in [-0.39, 0.29) is 5.41 Å². The van der Waals surface area contributed by atoms with Gasteiger partial charge >= 0.3 is 0 Å². The van der Waals surface area contributed by atoms with Crippen molar-refractivity contribution in [2.45, 2.75) is 38.1 Å². The Labute approximate surface area is 150 Å². The molecule has 132 valence electrons. The van der Waals surface area contributed by atoms with Crippen LogP contribution in [-0.4, -0.2) is 35.7 Å². The number of fused-ring (bicyclic) bond motifs is 4. The molecule has 1 aliphatic heterocycles. The lowest BCUT2D eigenvalue weighted by atomic mass is 9.59. The van der Waals surface area contributed by atoms with Crippen LogP contribution in [0.3, 0.4) is 0 Å². The fraction of sp³-hybridized carbons (Fsp3) is 0.455. The number of aromatic hydroxyl groups is 1. The molecule has 3 heteroatoms. The molecule has 4 rings (SSSR count). The average Bonchev–Trinajstić information content (AvgIpc) is 2.62. The molecule has 2 aromatic rings. The van der Waals surface area contributed by atoms with Gasteiger partial charge in [-0.1, -0.05) is 38.1 Å². The van der Waals surface area contributed by atoms with Crippen molar-refractivity contribution in [2.75, 3.05) is 25.0 Å². The molecule has 2 N–H and O–H groups in total. The Balaban J connectivity index is 1.48. The van der Waals surface area contributed by atoms with Crippen molar-refractivity contribution in [3.63, 3.8) is 0 Å². The van der Waals surface area contributed by atoms with Gasteiger partial charge in [0.15, 0.2) is 0 Å². The van der Waals surface area contributed by atoms with Gasteiger partial charge in [0.2, 0.25) is 0 Å². The van der Waals surface area contributed by atoms with Crippen molar-refractivity contribution in [2.24, 2.45) is 5.92 Å². The smallest absolute Gasteiger partial charge is 0.115 e. The average molecular weight is 336 g/mol. The summed E-state index contributed by atoms with van der Waals surface area (Å²) in [5, 5.41) is 13.5. The fourth-order valence-corrected chi connectivity index (χ4v) is 4.87. The first kappa shape index (κ1) is 16.5. The molecule has 1 saturated heterocycles. The highest BCUT2D eigenvalue weighted by Crippen LogP contribution is 2.49. The molecule has 25 heavy (non-hydrogen) atoms. The van der Waals surface area contributed by atoms with Crippen molar-refractivity contribution in [1.82, 2.24) is 4.90 Å². The lowest BCUT2D eigenvalue weighted by Crippen LogP contribution is -2.58. The van der Waals surface area contributed by atoms with E-state index in [1.165, 1.54) is 16.8 Å². The second kappa shape index (κ2) is 6.38. The van der Waals surface area contributed by atoms with Gasteiger partial charge in [-0.05, 0) is 66.1 Å². The summed E-state index contributed by atoms with van der Waals surface area (Å²) in [4.78, 5) is 2.66. The molecule has 2 bridgehead atoms. The first-order valence-electron chi connectivity index (χ1n) is 9.43. The largest absolute Gasteiger partial charge is 0.508 e. The monoisotopic (exact) mass is 336 g/mol. The zero-order valence-electron chi connectivity index (χ0n) is 15.2. The lowest BCUT2D eigenvalue weighted by Gasteiger charge is -2.54. The van der Waals surface area contributed by atoms with E-state index in [1.807, 2.05) is 12.1 Å². The number of hydrogen-bond acceptors (Lipinski definition) is 3. The van der Waals surface area contributed by atoms with E-state index < -0.39 is 0 Å². The van der Waals surface area contributed by atoms with Gasteiger partial charge in [-0.15, -0.1) is 0 Å². The minimum absolute atomic E-state index is 0.181. The van der Waals surface area contributed by atoms with Crippen LogP contribution in [0.5, 0.6) is 5.75 Å². The van der Waals surface area contributed by atoms with Gasteiger partial charge < -0.3 is 10.4 Å². The standard InChI is InChI=1S/C22H28N2O/c1-16-21-14-17-8-9-19(25)15-20(17)22(16,2)10-12-24(21)13-11-23-18-6-4-3-5-7-18/h3-9,15-16,21,23,25H,10-14H2,1-2H3/t16-,21+,22-/m1/s1. The van der Waals surface area contributed by atoms with Crippen molar-refractivity contribution >= 4 is 5.69 Å². The minimum Gasteiger partial charge on any atom is -0.508 e. The van der Waals surface area contributed by atoms with Gasteiger partial charge in [0.05, 0.1) is 0 Å². The van der Waals surface area contributed by atoms with E-state index >= 15 is 0 Å². The van der Waals surface area contributed by atoms with Crippen molar-refractivity contribution in [3.8, 4) is 5.75 Å². The Morgan fingerprint density at radius 3 is 2.80 bits per heavy atom. The SMILES string of the molecule is C[C@@H]1[C@@H]2Cc3ccc(O)cc3[C@]1(C)CCN2CCNc1ccccc1. The molecular weight excluding hydrogens is 308 g/mol. The summed E-state index contributed by atoms with van der Waals surface area (Å²) < 4.78 is 0. The van der Waals surface area contributed by atoms with Crippen LogP contribution in [0.1, 0.15) is 31.4 Å². The van der Waals surface area contributed by atoms with E-state index in [0.717, 1.165) is 32.5 Å². The molecule has 1 fully saturated rings. The van der Waals surface area contributed by atoms with Crippen molar-refractivity contribution < 1.29 is 5.11 Å². The van der Waals surface area contributed by atoms with E-state index in [0.29, 0.717) is 17.7 Å². The number of anilines is 1. The summed E-state index contributed by atoms with van der Waals surface area (Å²) in [6.45, 7) is 7.98. The van der Waals surface area contributed by atoms with Crippen molar-refractivity contribution in [3.05, 3.63) is 59.7 Å². The predicted octanol–water partition coefficient (Wildman–Crippen LogP) is 4.03. The van der Waals surface area contributed by atoms with Gasteiger partial charge in [0.1, 0.15) is 5.75 Å². The van der Waals surface area contributed by atoms with Gasteiger partial charge in [0, 0.05) is 24.8 Å². The quantitative estimate of drug-likeness (QED) is 0.885. The molecule has 2 aromatic carbocycles. The second-order valence-corrected chi connectivity index (χ2v) is 7.90. The third-order valence-corrected chi connectivity index (χ3v) is 6.61. The maximum atomic E-state index is 9.94. The molecule has 1 heterocycles. The minimum atomic E-state index is 0.181. The zero-order valence-corrected chi connectivity index (χ0v) is 15.2. The first-order chi connectivity index (χ1) is 12.1. The zero-order chi connectivity index (χ0) is 17.4. The van der Waals surface area contributed by atoms with Crippen LogP contribution in [0.4, 0.5) is 5.69 Å². The Bertz CT molecular complexity index is 745. The molecule has 0 aromatic heterocycles. The van der Waals surface area contributed by atoms with Crippen LogP contribution in [0.15, 0.2) is 48.5 Å². The Hall–Kier alpha value is -2.00. The lowest BCUT2D eigenvalue weighted by molar-refractivity contribution is 0.0343. The van der Waals surface area contributed by atoms with Crippen LogP contribution in [-0.2, 0) is 11.8 Å². The second-order valence-electron chi connectivity index (χ2n) is 7.90. The summed E-state index contributed by atoms with van der Waals surface area (Å²) in [5.41, 5.74) is 4.17. The van der Waals surface area contributed by atoms with Gasteiger partial charge in [-0.25, -0.2) is 0 Å². The fourth-order valence-electron chi connectivity index (χ4n) is 4.87. The number of benzene rings is 2. The van der Waals surface area contributed by atoms with E-state index in [4.69, 9.17) is 0 Å². The Morgan fingerprint density at radius 1 is 1.20 bits per heavy atom. The predicted molar refractivity (Wildman–Crippen MR) is 103 cm³/mol. The van der Waals surface area contributed by atoms with Crippen LogP contribution in [0.25, 0.3) is 0 Å². The number of piperidine rings is 1. The molecular formula is C22H28N2O. The third-order valence-electron chi connectivity index (χ3n) is 6.61. The Kier molecular flexibility index (Phi) is 4.20. The number of para-hydroxylation sites is 1. The van der Waals surface area contributed by atoms with E-state index in [1.54, 1.807) is 0 Å². The number of rotatable bonds is 4. The highest BCUT2D eigenvalue weighted by Gasteiger charge is 2.48. The van der Waals surface area contributed by atoms with Gasteiger partial charge in [-0.2, -0.15) is 0 Å². The van der Waals surface area contributed by atoms with E-state index in [2.05, 4.69) is 60.5 Å². The molecule has 3 nitrogen and oxygen atoms in total. The molecule has 0 amide bonds. The third kappa shape index (κ3) is 2.91. The molecule has 3 atom stereocenters. The maximum absolute atomic E-state index is 9.94. The molecule has 2 aliphatic rings. The van der Waals surface area contributed by atoms with Gasteiger partial charge in [0.25, 0.3) is 0 Å². The first-order valence-corrected chi connectivity index (χ1v) is 9.43. The van der Waals surface area contributed by atoms with Gasteiger partial charge in [-0.3, -0.25) is 4.90 Å². The molecule has 0 saturated carbocycles. The number of nitrogens with one attached hydrogen (secondary N) is 1. The maximum Gasteiger partial charge on any atom is 0.115 e.